The van der Waals surface area contributed by atoms with Crippen LogP contribution in [0.25, 0.3) is 0 Å². The molecule has 1 unspecified atom stereocenters. The van der Waals surface area contributed by atoms with Crippen molar-refractivity contribution in [3.05, 3.63) is 53.1 Å². The third-order valence-electron chi connectivity index (χ3n) is 6.79. The van der Waals surface area contributed by atoms with Gasteiger partial charge in [-0.05, 0) is 0 Å². The maximum atomic E-state index is 2.67. The summed E-state index contributed by atoms with van der Waals surface area (Å²) < 4.78 is 0.439. The molecular weight excluding hydrogens is 340 g/mol. The van der Waals surface area contributed by atoms with Crippen LogP contribution in [0, 0.1) is 0 Å². The van der Waals surface area contributed by atoms with Crippen LogP contribution in [0.3, 0.4) is 0 Å². The molecule has 0 nitrogen and oxygen atoms in total. The second kappa shape index (κ2) is 6.41. The molecule has 3 rings (SSSR count). The van der Waals surface area contributed by atoms with Gasteiger partial charge >= 0.3 is 154 Å². The van der Waals surface area contributed by atoms with Crippen LogP contribution in [0.1, 0.15) is 32.6 Å². The monoisotopic (exact) mass is 374 g/mol. The second-order valence-corrected chi connectivity index (χ2v) is 23.0. The molecule has 0 saturated heterocycles. The van der Waals surface area contributed by atoms with Gasteiger partial charge in [0.2, 0.25) is 0 Å². The Hall–Kier alpha value is -0.369. The van der Waals surface area contributed by atoms with E-state index in [0.29, 0.717) is 3.72 Å². The van der Waals surface area contributed by atoms with E-state index >= 15 is 0 Å². The van der Waals surface area contributed by atoms with Crippen LogP contribution in [0.4, 0.5) is 0 Å². The van der Waals surface area contributed by atoms with Gasteiger partial charge in [-0.25, -0.2) is 0 Å². The topological polar surface area (TPSA) is 0 Å². The fraction of sp³-hybridized carbons (Fsp3) is 0.545. The maximum absolute atomic E-state index is 2.67. The Labute approximate surface area is 153 Å². The van der Waals surface area contributed by atoms with Gasteiger partial charge in [-0.1, -0.05) is 0 Å². The first kappa shape index (κ1) is 18.4. The van der Waals surface area contributed by atoms with Crippen molar-refractivity contribution in [2.45, 2.75) is 71.2 Å². The summed E-state index contributed by atoms with van der Waals surface area (Å²) in [6, 6.07) is 12.7. The van der Waals surface area contributed by atoms with Crippen molar-refractivity contribution in [3.63, 3.8) is 0 Å². The van der Waals surface area contributed by atoms with Crippen LogP contribution in [-0.4, -0.2) is 8.07 Å². The first-order valence-corrected chi connectivity index (χ1v) is 18.3. The summed E-state index contributed by atoms with van der Waals surface area (Å²) in [6.45, 7) is 7.76. The molecule has 0 amide bonds. The van der Waals surface area contributed by atoms with E-state index in [1.54, 1.807) is 10.8 Å². The predicted molar refractivity (Wildman–Crippen MR) is 108 cm³/mol. The molecule has 0 bridgehead atoms. The van der Waals surface area contributed by atoms with E-state index in [0.717, 1.165) is 0 Å². The van der Waals surface area contributed by atoms with Crippen LogP contribution in [0.5, 0.6) is 0 Å². The minimum absolute atomic E-state index is 0.439. The molecule has 0 heterocycles. The molecule has 0 aliphatic heterocycles. The Morgan fingerprint density at radius 3 is 2.25 bits per heavy atom. The molecule has 0 saturated carbocycles. The molecule has 2 aliphatic carbocycles. The van der Waals surface area contributed by atoms with Crippen molar-refractivity contribution in [2.75, 3.05) is 0 Å². The zero-order valence-corrected chi connectivity index (χ0v) is 19.1. The van der Waals surface area contributed by atoms with Gasteiger partial charge in [0.1, 0.15) is 0 Å². The molecule has 0 spiro atoms. The van der Waals surface area contributed by atoms with Crippen LogP contribution < -0.4 is 5.19 Å². The standard InChI is InChI=1S/C19H25Si.3CH3.Ti/c1-15-17(13-16-9-7-8-12-19(15)16)14-20(2,3)18-10-5-4-6-11-18;;;;/h4-6,10-11,13H,7-9,12,14H2,1-3H3;3*1H3;. The molecule has 0 radical (unpaired) electrons. The Kier molecular flexibility index (Phi) is 4.92. The normalized spacial score (nSPS) is 24.8. The van der Waals surface area contributed by atoms with Gasteiger partial charge in [0, 0.05) is 0 Å². The molecule has 2 heteroatoms. The first-order chi connectivity index (χ1) is 11.2. The van der Waals surface area contributed by atoms with E-state index < -0.39 is 24.7 Å². The van der Waals surface area contributed by atoms with Crippen molar-refractivity contribution in [1.29, 1.82) is 0 Å². The van der Waals surface area contributed by atoms with Crippen molar-refractivity contribution in [3.8, 4) is 0 Å². The molecule has 0 fully saturated rings. The average Bonchev–Trinajstić information content (AvgIpc) is 2.81. The van der Waals surface area contributed by atoms with Gasteiger partial charge < -0.3 is 0 Å². The summed E-state index contributed by atoms with van der Waals surface area (Å²) in [6.07, 6.45) is 8.17. The fourth-order valence-electron chi connectivity index (χ4n) is 4.84. The molecule has 1 aromatic rings. The quantitative estimate of drug-likeness (QED) is 0.503. The van der Waals surface area contributed by atoms with E-state index in [1.807, 2.05) is 11.1 Å². The van der Waals surface area contributed by atoms with Gasteiger partial charge in [0.25, 0.3) is 0 Å². The molecule has 130 valence electrons. The average molecular weight is 374 g/mol. The van der Waals surface area contributed by atoms with Gasteiger partial charge in [-0.2, -0.15) is 0 Å². The third-order valence-corrected chi connectivity index (χ3v) is 15.6. The first-order valence-electron chi connectivity index (χ1n) is 9.65. The molecule has 0 N–H and O–H groups in total. The summed E-state index contributed by atoms with van der Waals surface area (Å²) in [5, 5.41) is 9.51. The molecule has 2 aliphatic rings. The Morgan fingerprint density at radius 1 is 1.00 bits per heavy atom. The number of hydrogen-bond donors (Lipinski definition) is 0. The Morgan fingerprint density at radius 2 is 1.62 bits per heavy atom. The zero-order chi connectivity index (χ0) is 17.6. The minimum atomic E-state index is -1.89. The van der Waals surface area contributed by atoms with E-state index in [-0.39, 0.29) is 0 Å². The van der Waals surface area contributed by atoms with Gasteiger partial charge in [0.05, 0.1) is 0 Å². The second-order valence-electron chi connectivity index (χ2n) is 9.68. The molecule has 0 aromatic heterocycles. The van der Waals surface area contributed by atoms with E-state index in [9.17, 15) is 0 Å². The molecule has 1 atom stereocenters. The van der Waals surface area contributed by atoms with Crippen LogP contribution in [0.2, 0.25) is 38.5 Å². The van der Waals surface area contributed by atoms with E-state index in [1.165, 1.54) is 31.7 Å². The molecule has 1 aromatic carbocycles. The van der Waals surface area contributed by atoms with Crippen LogP contribution in [-0.2, 0) is 16.6 Å². The number of benzene rings is 1. The summed E-state index contributed by atoms with van der Waals surface area (Å²) in [4.78, 5) is 0. The van der Waals surface area contributed by atoms with Crippen molar-refractivity contribution in [1.82, 2.24) is 0 Å². The summed E-state index contributed by atoms with van der Waals surface area (Å²) in [5.74, 6) is 0. The third kappa shape index (κ3) is 3.08. The van der Waals surface area contributed by atoms with Crippen molar-refractivity contribution in [2.24, 2.45) is 0 Å². The number of allylic oxidation sites excluding steroid dienone is 4. The fourth-order valence-corrected chi connectivity index (χ4v) is 11.4. The van der Waals surface area contributed by atoms with Crippen molar-refractivity contribution < 1.29 is 16.6 Å². The Bertz CT molecular complexity index is 676. The SMILES string of the molecule is C[C]1([Ti]([CH3])([CH3])[CH3])C(C[Si](C)(C)c2ccccc2)=CC2=C1CCCC2. The summed E-state index contributed by atoms with van der Waals surface area (Å²) >= 11 is -1.89. The number of rotatable bonds is 4. The van der Waals surface area contributed by atoms with Gasteiger partial charge in [-0.15, -0.1) is 0 Å². The molecule has 24 heavy (non-hydrogen) atoms. The van der Waals surface area contributed by atoms with Gasteiger partial charge in [-0.3, -0.25) is 0 Å². The summed E-state index contributed by atoms with van der Waals surface area (Å²) in [7, 11) is -1.44. The van der Waals surface area contributed by atoms with Crippen molar-refractivity contribution >= 4 is 13.3 Å². The van der Waals surface area contributed by atoms with Crippen LogP contribution >= 0.6 is 0 Å². The predicted octanol–water partition coefficient (Wildman–Crippen LogP) is 6.89. The van der Waals surface area contributed by atoms with E-state index in [2.05, 4.69) is 72.1 Å². The molecular formula is C22H34SiTi. The van der Waals surface area contributed by atoms with Gasteiger partial charge in [0.15, 0.2) is 0 Å². The van der Waals surface area contributed by atoms with Crippen LogP contribution in [0.15, 0.2) is 53.1 Å². The summed E-state index contributed by atoms with van der Waals surface area (Å²) in [5.41, 5.74) is 5.40. The van der Waals surface area contributed by atoms with E-state index in [4.69, 9.17) is 0 Å². The zero-order valence-electron chi connectivity index (χ0n) is 16.5. The Balaban J connectivity index is 1.98. The number of hydrogen-bond acceptors (Lipinski definition) is 0.